The summed E-state index contributed by atoms with van der Waals surface area (Å²) < 4.78 is 0. The standard InChI is InChI=1S/C14H18N2/c1-4-8-14(16(2)3)11-12-15-13-9-6-5-7-10-13/h4-12H,1-3H3/b8-4-,14-11+,15-12+. The first-order chi connectivity index (χ1) is 7.74. The number of rotatable bonds is 4. The minimum atomic E-state index is 0.970. The molecule has 0 saturated heterocycles. The maximum atomic E-state index is 4.35. The van der Waals surface area contributed by atoms with Gasteiger partial charge in [0, 0.05) is 26.0 Å². The van der Waals surface area contributed by atoms with E-state index in [-0.39, 0.29) is 0 Å². The molecule has 0 spiro atoms. The maximum Gasteiger partial charge on any atom is 0.0629 e. The smallest absolute Gasteiger partial charge is 0.0629 e. The molecule has 0 aliphatic carbocycles. The van der Waals surface area contributed by atoms with Crippen LogP contribution < -0.4 is 0 Å². The Morgan fingerprint density at radius 3 is 2.44 bits per heavy atom. The monoisotopic (exact) mass is 214 g/mol. The largest absolute Gasteiger partial charge is 0.378 e. The average molecular weight is 214 g/mol. The molecule has 0 aliphatic heterocycles. The fourth-order valence-electron chi connectivity index (χ4n) is 1.24. The highest BCUT2D eigenvalue weighted by molar-refractivity contribution is 5.75. The van der Waals surface area contributed by atoms with Crippen molar-refractivity contribution < 1.29 is 0 Å². The molecule has 0 saturated carbocycles. The van der Waals surface area contributed by atoms with Gasteiger partial charge in [-0.15, -0.1) is 0 Å². The Labute approximate surface area is 97.6 Å². The fraction of sp³-hybridized carbons (Fsp3) is 0.214. The van der Waals surface area contributed by atoms with Crippen LogP contribution in [0.25, 0.3) is 0 Å². The van der Waals surface area contributed by atoms with Gasteiger partial charge in [0.25, 0.3) is 0 Å². The molecule has 0 amide bonds. The van der Waals surface area contributed by atoms with Crippen molar-refractivity contribution >= 4 is 11.9 Å². The molecule has 0 atom stereocenters. The van der Waals surface area contributed by atoms with E-state index in [1.165, 1.54) is 0 Å². The highest BCUT2D eigenvalue weighted by Gasteiger charge is 1.91. The van der Waals surface area contributed by atoms with Crippen LogP contribution in [0.4, 0.5) is 5.69 Å². The molecule has 0 fully saturated rings. The number of hydrogen-bond acceptors (Lipinski definition) is 2. The van der Waals surface area contributed by atoms with E-state index in [1.54, 1.807) is 0 Å². The van der Waals surface area contributed by atoms with Crippen molar-refractivity contribution in [3.05, 3.63) is 54.3 Å². The van der Waals surface area contributed by atoms with Crippen molar-refractivity contribution in [3.8, 4) is 0 Å². The van der Waals surface area contributed by atoms with Gasteiger partial charge in [-0.25, -0.2) is 0 Å². The van der Waals surface area contributed by atoms with Crippen LogP contribution in [-0.4, -0.2) is 25.2 Å². The fourth-order valence-corrected chi connectivity index (χ4v) is 1.24. The van der Waals surface area contributed by atoms with E-state index in [0.717, 1.165) is 11.4 Å². The van der Waals surface area contributed by atoms with Crippen molar-refractivity contribution in [2.24, 2.45) is 4.99 Å². The van der Waals surface area contributed by atoms with Crippen LogP contribution in [0.1, 0.15) is 6.92 Å². The molecule has 0 radical (unpaired) electrons. The molecule has 0 bridgehead atoms. The number of para-hydroxylation sites is 1. The maximum absolute atomic E-state index is 4.35. The first-order valence-electron chi connectivity index (χ1n) is 5.33. The summed E-state index contributed by atoms with van der Waals surface area (Å²) in [5, 5.41) is 0. The van der Waals surface area contributed by atoms with Gasteiger partial charge in [0.2, 0.25) is 0 Å². The van der Waals surface area contributed by atoms with Crippen LogP contribution in [0.3, 0.4) is 0 Å². The van der Waals surface area contributed by atoms with Gasteiger partial charge in [-0.1, -0.05) is 24.3 Å². The molecule has 1 rings (SSSR count). The average Bonchev–Trinajstić information content (AvgIpc) is 2.29. The number of hydrogen-bond donors (Lipinski definition) is 0. The van der Waals surface area contributed by atoms with E-state index in [2.05, 4.69) is 16.0 Å². The number of aliphatic imine (C=N–C) groups is 1. The molecular weight excluding hydrogens is 196 g/mol. The summed E-state index contributed by atoms with van der Waals surface area (Å²) in [4.78, 5) is 6.40. The number of nitrogens with zero attached hydrogens (tertiary/aromatic N) is 2. The Hall–Kier alpha value is -1.83. The lowest BCUT2D eigenvalue weighted by molar-refractivity contribution is 0.531. The highest BCUT2D eigenvalue weighted by Crippen LogP contribution is 2.08. The Balaban J connectivity index is 2.74. The van der Waals surface area contributed by atoms with Crippen LogP contribution in [0.2, 0.25) is 0 Å². The summed E-state index contributed by atoms with van der Waals surface area (Å²) in [6, 6.07) is 9.91. The molecule has 0 heterocycles. The van der Waals surface area contributed by atoms with Crippen LogP contribution in [-0.2, 0) is 0 Å². The summed E-state index contributed by atoms with van der Waals surface area (Å²) in [5.41, 5.74) is 2.10. The topological polar surface area (TPSA) is 15.6 Å². The van der Waals surface area contributed by atoms with Crippen molar-refractivity contribution in [3.63, 3.8) is 0 Å². The SMILES string of the molecule is C\C=C/C(=C\C=N\c1ccccc1)N(C)C. The molecule has 16 heavy (non-hydrogen) atoms. The summed E-state index contributed by atoms with van der Waals surface area (Å²) in [5.74, 6) is 0. The van der Waals surface area contributed by atoms with Crippen LogP contribution in [0, 0.1) is 0 Å². The Kier molecular flexibility index (Phi) is 5.06. The van der Waals surface area contributed by atoms with E-state index >= 15 is 0 Å². The zero-order chi connectivity index (χ0) is 11.8. The molecule has 0 N–H and O–H groups in total. The third-order valence-corrected chi connectivity index (χ3v) is 2.08. The normalized spacial score (nSPS) is 12.6. The molecule has 0 unspecified atom stereocenters. The third-order valence-electron chi connectivity index (χ3n) is 2.08. The summed E-state index contributed by atoms with van der Waals surface area (Å²) >= 11 is 0. The first kappa shape index (κ1) is 12.2. The summed E-state index contributed by atoms with van der Waals surface area (Å²) in [6.45, 7) is 2.01. The lowest BCUT2D eigenvalue weighted by atomic mass is 10.3. The molecule has 0 aromatic heterocycles. The number of benzene rings is 1. The summed E-state index contributed by atoms with van der Waals surface area (Å²) in [6.07, 6.45) is 7.89. The second kappa shape index (κ2) is 6.62. The molecule has 84 valence electrons. The van der Waals surface area contributed by atoms with Gasteiger partial charge in [-0.3, -0.25) is 4.99 Å². The predicted molar refractivity (Wildman–Crippen MR) is 71.2 cm³/mol. The lowest BCUT2D eigenvalue weighted by Gasteiger charge is -2.12. The quantitative estimate of drug-likeness (QED) is 0.554. The predicted octanol–water partition coefficient (Wildman–Crippen LogP) is 3.41. The van der Waals surface area contributed by atoms with Crippen LogP contribution in [0.15, 0.2) is 59.2 Å². The molecular formula is C14H18N2. The minimum Gasteiger partial charge on any atom is -0.378 e. The zero-order valence-electron chi connectivity index (χ0n) is 10.1. The van der Waals surface area contributed by atoms with E-state index in [9.17, 15) is 0 Å². The number of likely N-dealkylation sites (N-methyl/N-ethyl adjacent to an activating group) is 1. The van der Waals surface area contributed by atoms with Crippen molar-refractivity contribution in [1.82, 2.24) is 4.90 Å². The van der Waals surface area contributed by atoms with E-state index in [4.69, 9.17) is 0 Å². The number of allylic oxidation sites excluding steroid dienone is 3. The van der Waals surface area contributed by atoms with E-state index in [0.29, 0.717) is 0 Å². The molecule has 1 aromatic rings. The van der Waals surface area contributed by atoms with Gasteiger partial charge in [0.1, 0.15) is 0 Å². The van der Waals surface area contributed by atoms with Gasteiger partial charge < -0.3 is 4.90 Å². The zero-order valence-corrected chi connectivity index (χ0v) is 10.1. The van der Waals surface area contributed by atoms with Crippen molar-refractivity contribution in [2.75, 3.05) is 14.1 Å². The first-order valence-corrected chi connectivity index (χ1v) is 5.33. The van der Waals surface area contributed by atoms with Crippen LogP contribution in [0.5, 0.6) is 0 Å². The lowest BCUT2D eigenvalue weighted by Crippen LogP contribution is -2.09. The Morgan fingerprint density at radius 1 is 1.19 bits per heavy atom. The summed E-state index contributed by atoms with van der Waals surface area (Å²) in [7, 11) is 4.03. The molecule has 2 nitrogen and oxygen atoms in total. The van der Waals surface area contributed by atoms with Crippen LogP contribution >= 0.6 is 0 Å². The molecule has 0 aliphatic rings. The highest BCUT2D eigenvalue weighted by atomic mass is 15.1. The van der Waals surface area contributed by atoms with Gasteiger partial charge in [0.15, 0.2) is 0 Å². The van der Waals surface area contributed by atoms with Gasteiger partial charge in [0.05, 0.1) is 5.69 Å². The minimum absolute atomic E-state index is 0.970. The van der Waals surface area contributed by atoms with E-state index < -0.39 is 0 Å². The van der Waals surface area contributed by atoms with Gasteiger partial charge in [-0.2, -0.15) is 0 Å². The third kappa shape index (κ3) is 4.13. The van der Waals surface area contributed by atoms with Crippen molar-refractivity contribution in [1.29, 1.82) is 0 Å². The molecule has 1 aromatic carbocycles. The van der Waals surface area contributed by atoms with E-state index in [1.807, 2.05) is 69.7 Å². The van der Waals surface area contributed by atoms with Gasteiger partial charge in [-0.05, 0) is 31.2 Å². The molecule has 2 heteroatoms. The Bertz CT molecular complexity index is 386. The Morgan fingerprint density at radius 2 is 1.88 bits per heavy atom. The van der Waals surface area contributed by atoms with Crippen molar-refractivity contribution in [2.45, 2.75) is 6.92 Å². The van der Waals surface area contributed by atoms with Gasteiger partial charge >= 0.3 is 0 Å². The second-order valence-electron chi connectivity index (χ2n) is 3.60. The second-order valence-corrected chi connectivity index (χ2v) is 3.60.